The molecule has 2 aromatic carbocycles. The number of nitrogens with zero attached hydrogens (tertiary/aromatic N) is 2. The summed E-state index contributed by atoms with van der Waals surface area (Å²) >= 11 is 7.12. The molecule has 0 saturated carbocycles. The summed E-state index contributed by atoms with van der Waals surface area (Å²) in [5, 5.41) is 1.00. The molecule has 204 valence electrons. The van der Waals surface area contributed by atoms with Crippen LogP contribution in [0.3, 0.4) is 0 Å². The Morgan fingerprint density at radius 3 is 1.16 bits per heavy atom. The minimum Gasteiger partial charge on any atom is -0.339 e. The molecular formula is C31H38Br2N2O3. The first-order valence-electron chi connectivity index (χ1n) is 14.0. The molecule has 7 heteroatoms. The lowest BCUT2D eigenvalue weighted by atomic mass is 9.85. The Morgan fingerprint density at radius 1 is 0.553 bits per heavy atom. The second kappa shape index (κ2) is 14.4. The van der Waals surface area contributed by atoms with E-state index in [0.29, 0.717) is 21.8 Å². The Morgan fingerprint density at radius 2 is 0.868 bits per heavy atom. The van der Waals surface area contributed by atoms with Crippen LogP contribution in [0.5, 0.6) is 0 Å². The fourth-order valence-electron chi connectivity index (χ4n) is 5.53. The van der Waals surface area contributed by atoms with Crippen LogP contribution < -0.4 is 0 Å². The molecule has 2 fully saturated rings. The number of Topliss-reactive ketones (excluding diaryl/α,β-unsaturated/α-hetero) is 1. The highest BCUT2D eigenvalue weighted by Gasteiger charge is 2.29. The molecule has 0 radical (unpaired) electrons. The molecule has 0 aliphatic carbocycles. The molecule has 0 spiro atoms. The Kier molecular flexibility index (Phi) is 11.0. The Balaban J connectivity index is 1.45. The molecule has 5 nitrogen and oxygen atoms in total. The number of ketones is 1. The lowest BCUT2D eigenvalue weighted by Crippen LogP contribution is -2.32. The van der Waals surface area contributed by atoms with E-state index in [0.717, 1.165) is 63.0 Å². The van der Waals surface area contributed by atoms with Gasteiger partial charge in [0.05, 0.1) is 11.8 Å². The van der Waals surface area contributed by atoms with Crippen molar-refractivity contribution < 1.29 is 14.4 Å². The van der Waals surface area contributed by atoms with Crippen molar-refractivity contribution in [1.29, 1.82) is 0 Å². The van der Waals surface area contributed by atoms with E-state index >= 15 is 0 Å². The molecule has 2 heterocycles. The van der Waals surface area contributed by atoms with E-state index in [1.807, 2.05) is 58.3 Å². The van der Waals surface area contributed by atoms with Gasteiger partial charge in [0.15, 0.2) is 0 Å². The maximum atomic E-state index is 13.7. The van der Waals surface area contributed by atoms with Crippen LogP contribution in [0.4, 0.5) is 0 Å². The summed E-state index contributed by atoms with van der Waals surface area (Å²) in [5.41, 5.74) is 3.16. The first-order chi connectivity index (χ1) is 18.5. The number of carbonyl (C=O) groups excluding carboxylic acids is 3. The lowest BCUT2D eigenvalue weighted by Gasteiger charge is -2.23. The van der Waals surface area contributed by atoms with Gasteiger partial charge in [-0.1, -0.05) is 81.8 Å². The molecule has 4 rings (SSSR count). The highest BCUT2D eigenvalue weighted by Crippen LogP contribution is 2.30. The quantitative estimate of drug-likeness (QED) is 0.292. The van der Waals surface area contributed by atoms with Crippen LogP contribution in [-0.2, 0) is 4.79 Å². The maximum absolute atomic E-state index is 13.7. The van der Waals surface area contributed by atoms with Crippen molar-refractivity contribution in [1.82, 2.24) is 9.80 Å². The molecule has 0 N–H and O–H groups in total. The van der Waals surface area contributed by atoms with Gasteiger partial charge in [-0.2, -0.15) is 0 Å². The zero-order chi connectivity index (χ0) is 26.9. The predicted molar refractivity (Wildman–Crippen MR) is 160 cm³/mol. The Hall–Kier alpha value is -1.99. The standard InChI is InChI=1S/C31H38Br2N2O3/c32-21-27(23-9-13-25(14-10-23)30(37)34-17-5-1-2-6-18-34)29(36)28(22-33)24-11-15-26(16-12-24)31(38)35-19-7-3-4-8-20-35/h9-16,27-28H,1-8,17-22H2. The second-order valence-electron chi connectivity index (χ2n) is 10.5. The van der Waals surface area contributed by atoms with Crippen molar-refractivity contribution in [2.24, 2.45) is 0 Å². The van der Waals surface area contributed by atoms with Crippen molar-refractivity contribution >= 4 is 49.5 Å². The summed E-state index contributed by atoms with van der Waals surface area (Å²) in [5.74, 6) is -0.407. The van der Waals surface area contributed by atoms with E-state index in [-0.39, 0.29) is 29.4 Å². The van der Waals surface area contributed by atoms with Gasteiger partial charge in [-0.15, -0.1) is 0 Å². The summed E-state index contributed by atoms with van der Waals surface area (Å²) in [6, 6.07) is 15.1. The number of alkyl halides is 2. The molecule has 0 aromatic heterocycles. The van der Waals surface area contributed by atoms with E-state index in [1.165, 1.54) is 25.7 Å². The topological polar surface area (TPSA) is 57.7 Å². The first kappa shape index (κ1) is 29.0. The fourth-order valence-corrected chi connectivity index (χ4v) is 6.92. The van der Waals surface area contributed by atoms with Gasteiger partial charge in [-0.25, -0.2) is 0 Å². The molecule has 38 heavy (non-hydrogen) atoms. The molecule has 2 amide bonds. The van der Waals surface area contributed by atoms with Crippen LogP contribution in [-0.4, -0.2) is 64.2 Å². The van der Waals surface area contributed by atoms with Gasteiger partial charge in [-0.3, -0.25) is 14.4 Å². The molecule has 2 unspecified atom stereocenters. The van der Waals surface area contributed by atoms with Crippen molar-refractivity contribution in [3.8, 4) is 0 Å². The van der Waals surface area contributed by atoms with Crippen LogP contribution in [0.1, 0.15) is 95.0 Å². The van der Waals surface area contributed by atoms with Gasteiger partial charge >= 0.3 is 0 Å². The highest BCUT2D eigenvalue weighted by atomic mass is 79.9. The smallest absolute Gasteiger partial charge is 0.253 e. The van der Waals surface area contributed by atoms with Crippen LogP contribution in [0.15, 0.2) is 48.5 Å². The van der Waals surface area contributed by atoms with Crippen molar-refractivity contribution in [2.45, 2.75) is 63.2 Å². The van der Waals surface area contributed by atoms with Crippen LogP contribution in [0.2, 0.25) is 0 Å². The highest BCUT2D eigenvalue weighted by molar-refractivity contribution is 9.09. The minimum absolute atomic E-state index is 0.0771. The number of amides is 2. The van der Waals surface area contributed by atoms with Crippen LogP contribution >= 0.6 is 31.9 Å². The SMILES string of the molecule is O=C(C(CBr)c1ccc(C(=O)N2CCCCCC2)cc1)C(CBr)c1ccc(C(=O)N2CCCCCC2)cc1. The predicted octanol–water partition coefficient (Wildman–Crippen LogP) is 6.95. The normalized spacial score (nSPS) is 18.3. The molecule has 0 bridgehead atoms. The number of hydrogen-bond acceptors (Lipinski definition) is 3. The second-order valence-corrected chi connectivity index (χ2v) is 11.8. The summed E-state index contributed by atoms with van der Waals surface area (Å²) in [6.07, 6.45) is 8.98. The number of hydrogen-bond donors (Lipinski definition) is 0. The van der Waals surface area contributed by atoms with Gasteiger partial charge in [0.1, 0.15) is 5.78 Å². The van der Waals surface area contributed by atoms with Gasteiger partial charge in [0, 0.05) is 48.0 Å². The summed E-state index contributed by atoms with van der Waals surface area (Å²) in [7, 11) is 0. The summed E-state index contributed by atoms with van der Waals surface area (Å²) < 4.78 is 0. The zero-order valence-electron chi connectivity index (χ0n) is 22.0. The average molecular weight is 646 g/mol. The minimum atomic E-state index is -0.335. The van der Waals surface area contributed by atoms with Crippen LogP contribution in [0.25, 0.3) is 0 Å². The molecule has 2 atom stereocenters. The average Bonchev–Trinajstić information content (AvgIpc) is 3.40. The zero-order valence-corrected chi connectivity index (χ0v) is 25.2. The van der Waals surface area contributed by atoms with Gasteiger partial charge in [0.25, 0.3) is 11.8 Å². The van der Waals surface area contributed by atoms with E-state index in [2.05, 4.69) is 31.9 Å². The summed E-state index contributed by atoms with van der Waals surface area (Å²) in [6.45, 7) is 3.27. The monoisotopic (exact) mass is 644 g/mol. The third-order valence-electron chi connectivity index (χ3n) is 7.90. The van der Waals surface area contributed by atoms with E-state index in [4.69, 9.17) is 0 Å². The lowest BCUT2D eigenvalue weighted by molar-refractivity contribution is -0.121. The van der Waals surface area contributed by atoms with Crippen molar-refractivity contribution in [3.63, 3.8) is 0 Å². The number of halogens is 2. The summed E-state index contributed by atoms with van der Waals surface area (Å²) in [4.78, 5) is 43.6. The number of likely N-dealkylation sites (tertiary alicyclic amines) is 2. The van der Waals surface area contributed by atoms with E-state index in [1.54, 1.807) is 0 Å². The third kappa shape index (κ3) is 7.15. The Labute approximate surface area is 243 Å². The van der Waals surface area contributed by atoms with Crippen molar-refractivity contribution in [2.75, 3.05) is 36.8 Å². The van der Waals surface area contributed by atoms with Gasteiger partial charge in [-0.05, 0) is 61.1 Å². The molecule has 2 saturated heterocycles. The first-order valence-corrected chi connectivity index (χ1v) is 16.2. The number of benzene rings is 2. The molecule has 2 aromatic rings. The molecular weight excluding hydrogens is 608 g/mol. The molecule has 2 aliphatic heterocycles. The Bertz CT molecular complexity index is 986. The fraction of sp³-hybridized carbons (Fsp3) is 0.516. The molecule has 2 aliphatic rings. The van der Waals surface area contributed by atoms with Gasteiger partial charge < -0.3 is 9.80 Å². The largest absolute Gasteiger partial charge is 0.339 e. The number of carbonyl (C=O) groups is 3. The van der Waals surface area contributed by atoms with Crippen molar-refractivity contribution in [3.05, 3.63) is 70.8 Å². The maximum Gasteiger partial charge on any atom is 0.253 e. The number of rotatable bonds is 8. The van der Waals surface area contributed by atoms with Gasteiger partial charge in [0.2, 0.25) is 0 Å². The van der Waals surface area contributed by atoms with Crippen LogP contribution in [0, 0.1) is 0 Å². The van der Waals surface area contributed by atoms with E-state index in [9.17, 15) is 14.4 Å². The van der Waals surface area contributed by atoms with E-state index < -0.39 is 0 Å². The third-order valence-corrected chi connectivity index (χ3v) is 9.20.